The van der Waals surface area contributed by atoms with Crippen molar-refractivity contribution in [3.05, 3.63) is 59.0 Å². The van der Waals surface area contributed by atoms with Crippen LogP contribution < -0.4 is 4.90 Å². The Kier molecular flexibility index (Phi) is 5.16. The van der Waals surface area contributed by atoms with E-state index in [1.807, 2.05) is 17.6 Å². The van der Waals surface area contributed by atoms with Crippen molar-refractivity contribution in [1.29, 1.82) is 0 Å². The SMILES string of the molecule is CC[C@@H]1c2nncn2-c2c(C)nc(Cl)nc2N1C1CCC(OCc2ccccc2)C1. The van der Waals surface area contributed by atoms with E-state index in [2.05, 4.69) is 56.3 Å². The van der Waals surface area contributed by atoms with E-state index in [0.717, 1.165) is 48.7 Å². The molecule has 0 radical (unpaired) electrons. The van der Waals surface area contributed by atoms with Crippen LogP contribution in [0.4, 0.5) is 5.82 Å². The molecule has 3 atom stereocenters. The van der Waals surface area contributed by atoms with E-state index < -0.39 is 0 Å². The normalized spacial score (nSPS) is 22.8. The molecule has 2 aromatic heterocycles. The average Bonchev–Trinajstić information content (AvgIpc) is 3.41. The summed E-state index contributed by atoms with van der Waals surface area (Å²) in [4.78, 5) is 11.4. The Morgan fingerprint density at radius 1 is 1.17 bits per heavy atom. The molecule has 1 saturated carbocycles. The van der Waals surface area contributed by atoms with Gasteiger partial charge >= 0.3 is 0 Å². The molecular weight excluding hydrogens is 400 g/mol. The third-order valence-electron chi connectivity index (χ3n) is 6.17. The highest BCUT2D eigenvalue weighted by Crippen LogP contribution is 2.44. The van der Waals surface area contributed by atoms with Crippen LogP contribution in [-0.2, 0) is 11.3 Å². The zero-order valence-electron chi connectivity index (χ0n) is 17.2. The molecule has 8 heteroatoms. The van der Waals surface area contributed by atoms with E-state index in [1.54, 1.807) is 6.33 Å². The Bertz CT molecular complexity index is 1040. The maximum Gasteiger partial charge on any atom is 0.224 e. The molecule has 156 valence electrons. The Hall–Kier alpha value is -2.51. The fraction of sp³-hybridized carbons (Fsp3) is 0.455. The van der Waals surface area contributed by atoms with Crippen LogP contribution in [0.2, 0.25) is 5.28 Å². The first-order valence-electron chi connectivity index (χ1n) is 10.5. The van der Waals surface area contributed by atoms with E-state index in [4.69, 9.17) is 16.3 Å². The predicted molar refractivity (Wildman–Crippen MR) is 115 cm³/mol. The van der Waals surface area contributed by atoms with Gasteiger partial charge in [-0.2, -0.15) is 4.98 Å². The van der Waals surface area contributed by atoms with Gasteiger partial charge in [0.25, 0.3) is 0 Å². The van der Waals surface area contributed by atoms with Crippen LogP contribution in [0, 0.1) is 6.92 Å². The molecule has 0 saturated heterocycles. The minimum absolute atomic E-state index is 0.100. The molecule has 0 amide bonds. The number of aryl methyl sites for hydroxylation is 1. The molecule has 0 spiro atoms. The Balaban J connectivity index is 1.43. The largest absolute Gasteiger partial charge is 0.373 e. The monoisotopic (exact) mass is 424 g/mol. The minimum Gasteiger partial charge on any atom is -0.373 e. The summed E-state index contributed by atoms with van der Waals surface area (Å²) >= 11 is 6.28. The van der Waals surface area contributed by atoms with Gasteiger partial charge in [0.1, 0.15) is 12.0 Å². The van der Waals surface area contributed by atoms with E-state index in [-0.39, 0.29) is 17.4 Å². The number of fused-ring (bicyclic) bond motifs is 3. The fourth-order valence-electron chi connectivity index (χ4n) is 4.81. The van der Waals surface area contributed by atoms with Crippen molar-refractivity contribution < 1.29 is 4.74 Å². The van der Waals surface area contributed by atoms with Crippen LogP contribution in [0.5, 0.6) is 0 Å². The highest BCUT2D eigenvalue weighted by Gasteiger charge is 2.41. The van der Waals surface area contributed by atoms with Crippen LogP contribution in [0.3, 0.4) is 0 Å². The summed E-state index contributed by atoms with van der Waals surface area (Å²) in [5, 5.41) is 8.89. The zero-order valence-corrected chi connectivity index (χ0v) is 18.0. The molecule has 1 fully saturated rings. The number of anilines is 1. The molecule has 1 aliphatic carbocycles. The zero-order chi connectivity index (χ0) is 20.7. The molecule has 3 aromatic rings. The number of hydrogen-bond acceptors (Lipinski definition) is 6. The molecular formula is C22H25ClN6O. The van der Waals surface area contributed by atoms with Gasteiger partial charge in [-0.25, -0.2) is 4.98 Å². The number of hydrogen-bond donors (Lipinski definition) is 0. The molecule has 0 N–H and O–H groups in total. The summed E-state index contributed by atoms with van der Waals surface area (Å²) in [7, 11) is 0. The van der Waals surface area contributed by atoms with Crippen LogP contribution in [0.15, 0.2) is 36.7 Å². The van der Waals surface area contributed by atoms with Gasteiger partial charge in [-0.1, -0.05) is 37.3 Å². The second-order valence-corrected chi connectivity index (χ2v) is 8.36. The number of halogens is 1. The van der Waals surface area contributed by atoms with Crippen LogP contribution in [0.1, 0.15) is 55.7 Å². The molecule has 30 heavy (non-hydrogen) atoms. The number of rotatable bonds is 5. The Morgan fingerprint density at radius 2 is 2.00 bits per heavy atom. The Morgan fingerprint density at radius 3 is 2.80 bits per heavy atom. The summed E-state index contributed by atoms with van der Waals surface area (Å²) in [6, 6.07) is 10.8. The molecule has 2 unspecified atom stereocenters. The van der Waals surface area contributed by atoms with Crippen LogP contribution in [-0.4, -0.2) is 36.9 Å². The molecule has 5 rings (SSSR count). The van der Waals surface area contributed by atoms with Gasteiger partial charge in [-0.15, -0.1) is 10.2 Å². The van der Waals surface area contributed by atoms with E-state index in [9.17, 15) is 0 Å². The second-order valence-electron chi connectivity index (χ2n) is 8.03. The van der Waals surface area contributed by atoms with E-state index in [0.29, 0.717) is 12.6 Å². The summed E-state index contributed by atoms with van der Waals surface area (Å²) in [5.41, 5.74) is 2.97. The molecule has 7 nitrogen and oxygen atoms in total. The van der Waals surface area contributed by atoms with Crippen molar-refractivity contribution in [2.75, 3.05) is 4.90 Å². The van der Waals surface area contributed by atoms with Gasteiger partial charge in [0.2, 0.25) is 5.28 Å². The van der Waals surface area contributed by atoms with Gasteiger partial charge in [0.15, 0.2) is 11.6 Å². The molecule has 1 aromatic carbocycles. The number of ether oxygens (including phenoxy) is 1. The third-order valence-corrected chi connectivity index (χ3v) is 6.34. The predicted octanol–water partition coefficient (Wildman–Crippen LogP) is 4.43. The van der Waals surface area contributed by atoms with Gasteiger partial charge in [0, 0.05) is 6.04 Å². The molecule has 1 aliphatic heterocycles. The van der Waals surface area contributed by atoms with E-state index in [1.165, 1.54) is 5.56 Å². The number of benzene rings is 1. The lowest BCUT2D eigenvalue weighted by Gasteiger charge is -2.41. The average molecular weight is 425 g/mol. The summed E-state index contributed by atoms with van der Waals surface area (Å²) in [5.74, 6) is 1.81. The minimum atomic E-state index is 0.100. The lowest BCUT2D eigenvalue weighted by atomic mass is 10.0. The lowest BCUT2D eigenvalue weighted by molar-refractivity contribution is 0.0444. The van der Waals surface area contributed by atoms with Crippen LogP contribution in [0.25, 0.3) is 5.69 Å². The van der Waals surface area contributed by atoms with Crippen molar-refractivity contribution in [2.45, 2.75) is 64.3 Å². The van der Waals surface area contributed by atoms with Crippen molar-refractivity contribution in [3.8, 4) is 5.69 Å². The molecule has 0 bridgehead atoms. The standard InChI is InChI=1S/C22H25ClN6O/c1-3-18-20-27-24-13-28(20)19-14(2)25-22(23)26-21(19)29(18)16-9-10-17(11-16)30-12-15-7-5-4-6-8-15/h4-8,13,16-18H,3,9-12H2,1-2H3/t16?,17?,18-/m1/s1. The maximum atomic E-state index is 6.28. The van der Waals surface area contributed by atoms with E-state index >= 15 is 0 Å². The second kappa shape index (κ2) is 7.96. The third kappa shape index (κ3) is 3.36. The quantitative estimate of drug-likeness (QED) is 0.564. The van der Waals surface area contributed by atoms with Gasteiger partial charge in [-0.05, 0) is 49.8 Å². The first-order chi connectivity index (χ1) is 14.7. The molecule has 2 aliphatic rings. The van der Waals surface area contributed by atoms with Gasteiger partial charge in [0.05, 0.1) is 24.4 Å². The highest BCUT2D eigenvalue weighted by molar-refractivity contribution is 6.28. The first kappa shape index (κ1) is 19.5. The van der Waals surface area contributed by atoms with Crippen LogP contribution >= 0.6 is 11.6 Å². The van der Waals surface area contributed by atoms with Crippen molar-refractivity contribution >= 4 is 17.4 Å². The maximum absolute atomic E-state index is 6.28. The summed E-state index contributed by atoms with van der Waals surface area (Å²) in [6.07, 6.45) is 5.92. The first-order valence-corrected chi connectivity index (χ1v) is 10.9. The topological polar surface area (TPSA) is 69.0 Å². The fourth-order valence-corrected chi connectivity index (χ4v) is 5.02. The van der Waals surface area contributed by atoms with Crippen molar-refractivity contribution in [1.82, 2.24) is 24.7 Å². The number of nitrogens with zero attached hydrogens (tertiary/aromatic N) is 6. The smallest absolute Gasteiger partial charge is 0.224 e. The molecule has 3 heterocycles. The number of aromatic nitrogens is 5. The van der Waals surface area contributed by atoms with Crippen molar-refractivity contribution in [3.63, 3.8) is 0 Å². The summed E-state index contributed by atoms with van der Waals surface area (Å²) < 4.78 is 8.27. The Labute approximate surface area is 181 Å². The summed E-state index contributed by atoms with van der Waals surface area (Å²) in [6.45, 7) is 4.78. The van der Waals surface area contributed by atoms with Gasteiger partial charge in [-0.3, -0.25) is 4.57 Å². The van der Waals surface area contributed by atoms with Crippen molar-refractivity contribution in [2.24, 2.45) is 0 Å². The highest BCUT2D eigenvalue weighted by atomic mass is 35.5. The van der Waals surface area contributed by atoms with Gasteiger partial charge < -0.3 is 9.64 Å². The lowest BCUT2D eigenvalue weighted by Crippen LogP contribution is -2.42.